The van der Waals surface area contributed by atoms with Crippen LogP contribution < -0.4 is 10.2 Å². The number of pyridine rings is 1. The number of amides is 3. The number of methoxy groups -OCH3 is 1. The number of carbonyl (C=O) groups is 4. The summed E-state index contributed by atoms with van der Waals surface area (Å²) in [5.41, 5.74) is 1.37. The molecule has 2 aromatic rings. The van der Waals surface area contributed by atoms with Crippen LogP contribution in [0.4, 0.5) is 11.4 Å². The standard InChI is InChI=1S/C21H20N4O6/c1-30-21(29)15-11-13(24-7-9-31-10-8-24)4-5-16(15)23-17(26)12-25-19(27)14-3-2-6-22-18(14)20(25)28/h2-6,11H,7-10,12H2,1H3,(H,23,26). The van der Waals surface area contributed by atoms with E-state index in [1.54, 1.807) is 24.3 Å². The Hall–Kier alpha value is -3.79. The molecule has 0 radical (unpaired) electrons. The second-order valence-corrected chi connectivity index (χ2v) is 6.97. The average Bonchev–Trinajstić information content (AvgIpc) is 3.04. The van der Waals surface area contributed by atoms with Gasteiger partial charge in [0.05, 0.1) is 37.1 Å². The molecule has 2 aliphatic rings. The third kappa shape index (κ3) is 3.97. The molecule has 2 aliphatic heterocycles. The van der Waals surface area contributed by atoms with Crippen LogP contribution in [0.25, 0.3) is 0 Å². The van der Waals surface area contributed by atoms with Gasteiger partial charge in [-0.3, -0.25) is 24.3 Å². The van der Waals surface area contributed by atoms with Crippen LogP contribution in [-0.2, 0) is 14.3 Å². The second-order valence-electron chi connectivity index (χ2n) is 6.97. The lowest BCUT2D eigenvalue weighted by atomic mass is 10.1. The molecule has 4 rings (SSSR count). The van der Waals surface area contributed by atoms with Gasteiger partial charge in [-0.15, -0.1) is 0 Å². The molecule has 1 aromatic carbocycles. The summed E-state index contributed by atoms with van der Waals surface area (Å²) in [5.74, 6) is -2.46. The van der Waals surface area contributed by atoms with Gasteiger partial charge in [0.25, 0.3) is 11.8 Å². The van der Waals surface area contributed by atoms with Crippen LogP contribution >= 0.6 is 0 Å². The predicted octanol–water partition coefficient (Wildman–Crippen LogP) is 0.939. The highest BCUT2D eigenvalue weighted by Gasteiger charge is 2.37. The highest BCUT2D eigenvalue weighted by Crippen LogP contribution is 2.26. The number of ether oxygens (including phenoxy) is 2. The number of morpholine rings is 1. The molecule has 10 nitrogen and oxygen atoms in total. The van der Waals surface area contributed by atoms with Crippen molar-refractivity contribution >= 4 is 35.1 Å². The van der Waals surface area contributed by atoms with Crippen LogP contribution in [0.2, 0.25) is 0 Å². The molecule has 0 aliphatic carbocycles. The van der Waals surface area contributed by atoms with Crippen molar-refractivity contribution in [2.45, 2.75) is 0 Å². The third-order valence-corrected chi connectivity index (χ3v) is 5.09. The van der Waals surface area contributed by atoms with Crippen molar-refractivity contribution in [1.82, 2.24) is 9.88 Å². The maximum absolute atomic E-state index is 12.6. The Morgan fingerprint density at radius 3 is 2.65 bits per heavy atom. The summed E-state index contributed by atoms with van der Waals surface area (Å²) >= 11 is 0. The Morgan fingerprint density at radius 1 is 1.16 bits per heavy atom. The van der Waals surface area contributed by atoms with Crippen molar-refractivity contribution < 1.29 is 28.7 Å². The normalized spacial score (nSPS) is 15.6. The molecule has 3 amide bonds. The monoisotopic (exact) mass is 424 g/mol. The molecule has 1 fully saturated rings. The smallest absolute Gasteiger partial charge is 0.340 e. The van der Waals surface area contributed by atoms with Gasteiger partial charge in [-0.1, -0.05) is 0 Å². The number of imide groups is 1. The van der Waals surface area contributed by atoms with Gasteiger partial charge in [-0.2, -0.15) is 0 Å². The summed E-state index contributed by atoms with van der Waals surface area (Å²) in [6.45, 7) is 2.03. The Bertz CT molecular complexity index is 1030. The van der Waals surface area contributed by atoms with Gasteiger partial charge in [-0.05, 0) is 30.3 Å². The van der Waals surface area contributed by atoms with E-state index in [1.807, 2.05) is 0 Å². The molecule has 10 heteroatoms. The maximum Gasteiger partial charge on any atom is 0.340 e. The van der Waals surface area contributed by atoms with Gasteiger partial charge in [0.2, 0.25) is 5.91 Å². The first kappa shape index (κ1) is 20.5. The molecule has 31 heavy (non-hydrogen) atoms. The third-order valence-electron chi connectivity index (χ3n) is 5.09. The molecule has 3 heterocycles. The summed E-state index contributed by atoms with van der Waals surface area (Å²) in [6.07, 6.45) is 1.41. The molecular formula is C21H20N4O6. The molecule has 1 N–H and O–H groups in total. The minimum atomic E-state index is -0.633. The van der Waals surface area contributed by atoms with Crippen molar-refractivity contribution in [3.63, 3.8) is 0 Å². The number of hydrogen-bond acceptors (Lipinski definition) is 8. The minimum Gasteiger partial charge on any atom is -0.465 e. The lowest BCUT2D eigenvalue weighted by Gasteiger charge is -2.29. The fraction of sp³-hybridized carbons (Fsp3) is 0.286. The van der Waals surface area contributed by atoms with Gasteiger partial charge in [0.15, 0.2) is 0 Å². The number of carbonyl (C=O) groups excluding carboxylic acids is 4. The summed E-state index contributed by atoms with van der Waals surface area (Å²) in [5, 5.41) is 2.60. The summed E-state index contributed by atoms with van der Waals surface area (Å²) in [7, 11) is 1.25. The van der Waals surface area contributed by atoms with E-state index in [0.29, 0.717) is 26.3 Å². The van der Waals surface area contributed by atoms with Gasteiger partial charge in [0.1, 0.15) is 12.2 Å². The van der Waals surface area contributed by atoms with E-state index in [0.717, 1.165) is 10.6 Å². The highest BCUT2D eigenvalue weighted by atomic mass is 16.5. The number of rotatable bonds is 5. The zero-order chi connectivity index (χ0) is 22.0. The number of benzene rings is 1. The quantitative estimate of drug-likeness (QED) is 0.557. The number of hydrogen-bond donors (Lipinski definition) is 1. The summed E-state index contributed by atoms with van der Waals surface area (Å²) in [4.78, 5) is 56.6. The van der Waals surface area contributed by atoms with E-state index in [-0.39, 0.29) is 22.5 Å². The van der Waals surface area contributed by atoms with Gasteiger partial charge < -0.3 is 19.7 Å². The number of nitrogens with zero attached hydrogens (tertiary/aromatic N) is 3. The Kier molecular flexibility index (Phi) is 5.63. The van der Waals surface area contributed by atoms with E-state index in [1.165, 1.54) is 19.4 Å². The van der Waals surface area contributed by atoms with Crippen molar-refractivity contribution in [2.75, 3.05) is 50.2 Å². The predicted molar refractivity (Wildman–Crippen MR) is 109 cm³/mol. The largest absolute Gasteiger partial charge is 0.465 e. The van der Waals surface area contributed by atoms with E-state index in [9.17, 15) is 19.2 Å². The number of esters is 1. The van der Waals surface area contributed by atoms with E-state index >= 15 is 0 Å². The van der Waals surface area contributed by atoms with Crippen LogP contribution in [0.3, 0.4) is 0 Å². The number of nitrogens with one attached hydrogen (secondary N) is 1. The SMILES string of the molecule is COC(=O)c1cc(N2CCOCC2)ccc1NC(=O)CN1C(=O)c2cccnc2C1=O. The van der Waals surface area contributed by atoms with E-state index in [4.69, 9.17) is 9.47 Å². The molecule has 0 unspecified atom stereocenters. The molecule has 0 bridgehead atoms. The lowest BCUT2D eigenvalue weighted by molar-refractivity contribution is -0.116. The van der Waals surface area contributed by atoms with Crippen LogP contribution in [0.1, 0.15) is 31.2 Å². The second kappa shape index (κ2) is 8.52. The van der Waals surface area contributed by atoms with Crippen LogP contribution in [-0.4, -0.2) is 73.5 Å². The Labute approximate surface area is 177 Å². The van der Waals surface area contributed by atoms with Crippen molar-refractivity contribution in [1.29, 1.82) is 0 Å². The molecule has 0 atom stereocenters. The molecule has 0 spiro atoms. The molecule has 0 saturated carbocycles. The van der Waals surface area contributed by atoms with Crippen molar-refractivity contribution in [3.8, 4) is 0 Å². The zero-order valence-corrected chi connectivity index (χ0v) is 16.8. The van der Waals surface area contributed by atoms with Crippen LogP contribution in [0.5, 0.6) is 0 Å². The molecule has 1 aromatic heterocycles. The van der Waals surface area contributed by atoms with Crippen LogP contribution in [0.15, 0.2) is 36.5 Å². The van der Waals surface area contributed by atoms with Crippen LogP contribution in [0, 0.1) is 0 Å². The molecule has 160 valence electrons. The zero-order valence-electron chi connectivity index (χ0n) is 16.8. The van der Waals surface area contributed by atoms with Crippen molar-refractivity contribution in [3.05, 3.63) is 53.3 Å². The van der Waals surface area contributed by atoms with Gasteiger partial charge in [0, 0.05) is 25.0 Å². The first-order valence-electron chi connectivity index (χ1n) is 9.65. The van der Waals surface area contributed by atoms with Gasteiger partial charge >= 0.3 is 5.97 Å². The highest BCUT2D eigenvalue weighted by molar-refractivity contribution is 6.21. The first-order valence-corrected chi connectivity index (χ1v) is 9.65. The van der Waals surface area contributed by atoms with Gasteiger partial charge in [-0.25, -0.2) is 4.79 Å². The summed E-state index contributed by atoms with van der Waals surface area (Å²) in [6, 6.07) is 8.04. The Morgan fingerprint density at radius 2 is 1.94 bits per heavy atom. The molecular weight excluding hydrogens is 404 g/mol. The fourth-order valence-electron chi connectivity index (χ4n) is 3.53. The number of aromatic nitrogens is 1. The number of anilines is 2. The fourth-order valence-corrected chi connectivity index (χ4v) is 3.53. The summed E-state index contributed by atoms with van der Waals surface area (Å²) < 4.78 is 10.2. The number of fused-ring (bicyclic) bond motifs is 1. The minimum absolute atomic E-state index is 0.0189. The topological polar surface area (TPSA) is 118 Å². The van der Waals surface area contributed by atoms with E-state index < -0.39 is 30.2 Å². The average molecular weight is 424 g/mol. The van der Waals surface area contributed by atoms with E-state index in [2.05, 4.69) is 15.2 Å². The molecule has 1 saturated heterocycles. The lowest BCUT2D eigenvalue weighted by Crippen LogP contribution is -2.38. The first-order chi connectivity index (χ1) is 15.0. The maximum atomic E-state index is 12.6. The Balaban J connectivity index is 1.52. The van der Waals surface area contributed by atoms with Crippen molar-refractivity contribution in [2.24, 2.45) is 0 Å².